The van der Waals surface area contributed by atoms with E-state index in [4.69, 9.17) is 0 Å². The molecule has 11 rings (SSSR count). The van der Waals surface area contributed by atoms with Gasteiger partial charge >= 0.3 is 0 Å². The van der Waals surface area contributed by atoms with Gasteiger partial charge in [-0.1, -0.05) is 79.7 Å². The molecule has 0 saturated heterocycles. The molecule has 0 bridgehead atoms. The quantitative estimate of drug-likeness (QED) is 0.173. The summed E-state index contributed by atoms with van der Waals surface area (Å²) in [5.41, 5.74) is 10.8. The van der Waals surface area contributed by atoms with Crippen LogP contribution in [0.4, 0.5) is 17.1 Å². The third-order valence-corrected chi connectivity index (χ3v) is 17.5. The van der Waals surface area contributed by atoms with E-state index in [0.717, 1.165) is 23.7 Å². The Bertz CT molecular complexity index is 2510. The van der Waals surface area contributed by atoms with Gasteiger partial charge in [0.25, 0.3) is 0 Å². The predicted octanol–water partition coefficient (Wildman–Crippen LogP) is 14.0. The van der Waals surface area contributed by atoms with Gasteiger partial charge in [-0.25, -0.2) is 0 Å². The Morgan fingerprint density at radius 3 is 2.08 bits per heavy atom. The van der Waals surface area contributed by atoms with Gasteiger partial charge in [-0.3, -0.25) is 0 Å². The standard InChI is InChI=1S/C48H43NS2/c1-48(28-33-23-32-24-34(29-48)47(32)33)35-16-18-36(19-17-35)49(38-20-21-40-39-11-4-6-13-43(39)50-44(40)27-38)37-10-8-9-30(25-37)31-15-22-46-42(26-31)41-12-5-7-14-45(41)51(46,2)3/h4-22,25-27,32-34,47H,23-24,28-29H2,1-3H3. The number of anilines is 3. The molecule has 0 radical (unpaired) electrons. The molecule has 3 fully saturated rings. The number of hydrogen-bond acceptors (Lipinski definition) is 2. The zero-order valence-electron chi connectivity index (χ0n) is 29.6. The molecule has 3 heteroatoms. The second-order valence-corrected chi connectivity index (χ2v) is 21.2. The Kier molecular flexibility index (Phi) is 6.45. The van der Waals surface area contributed by atoms with E-state index in [0.29, 0.717) is 5.41 Å². The van der Waals surface area contributed by atoms with E-state index in [9.17, 15) is 0 Å². The minimum atomic E-state index is -1.01. The first kappa shape index (κ1) is 30.3. The van der Waals surface area contributed by atoms with Crippen molar-refractivity contribution in [1.29, 1.82) is 0 Å². The number of nitrogens with zero attached hydrogens (tertiary/aromatic N) is 1. The molecule has 3 aliphatic carbocycles. The Morgan fingerprint density at radius 1 is 0.569 bits per heavy atom. The van der Waals surface area contributed by atoms with Crippen molar-refractivity contribution in [2.24, 2.45) is 23.7 Å². The summed E-state index contributed by atoms with van der Waals surface area (Å²) in [6.07, 6.45) is 10.6. The molecule has 1 nitrogen and oxygen atoms in total. The van der Waals surface area contributed by atoms with E-state index in [-0.39, 0.29) is 0 Å². The van der Waals surface area contributed by atoms with Crippen molar-refractivity contribution in [2.75, 3.05) is 17.4 Å². The van der Waals surface area contributed by atoms with E-state index in [2.05, 4.69) is 158 Å². The van der Waals surface area contributed by atoms with Gasteiger partial charge in [-0.15, -0.1) is 11.3 Å². The van der Waals surface area contributed by atoms with Crippen LogP contribution in [-0.4, -0.2) is 12.5 Å². The largest absolute Gasteiger partial charge is 0.310 e. The van der Waals surface area contributed by atoms with Gasteiger partial charge in [0, 0.05) is 47.0 Å². The first-order valence-corrected chi connectivity index (χ1v) is 22.0. The van der Waals surface area contributed by atoms with Gasteiger partial charge in [0.05, 0.1) is 0 Å². The zero-order chi connectivity index (χ0) is 34.1. The Hall–Kier alpha value is -4.31. The summed E-state index contributed by atoms with van der Waals surface area (Å²) in [6.45, 7) is 2.55. The number of fused-ring (bicyclic) bond motifs is 6. The van der Waals surface area contributed by atoms with Crippen LogP contribution in [-0.2, 0) is 5.41 Å². The molecule has 7 aromatic rings. The fraction of sp³-hybridized carbons (Fsp3) is 0.250. The maximum atomic E-state index is 2.55. The summed E-state index contributed by atoms with van der Waals surface area (Å²) in [6, 6.07) is 51.0. The average Bonchev–Trinajstić information content (AvgIpc) is 3.62. The summed E-state index contributed by atoms with van der Waals surface area (Å²) >= 11 is 1.89. The van der Waals surface area contributed by atoms with Crippen LogP contribution in [0.2, 0.25) is 0 Å². The number of hydrogen-bond donors (Lipinski definition) is 0. The van der Waals surface area contributed by atoms with Gasteiger partial charge < -0.3 is 4.90 Å². The van der Waals surface area contributed by atoms with Crippen LogP contribution in [0.1, 0.15) is 38.2 Å². The van der Waals surface area contributed by atoms with Gasteiger partial charge in [-0.2, -0.15) is 10.0 Å². The highest BCUT2D eigenvalue weighted by atomic mass is 32.3. The molecule has 3 saturated carbocycles. The third kappa shape index (κ3) is 4.47. The van der Waals surface area contributed by atoms with Crippen molar-refractivity contribution in [1.82, 2.24) is 0 Å². The zero-order valence-corrected chi connectivity index (χ0v) is 31.2. The van der Waals surface area contributed by atoms with E-state index >= 15 is 0 Å². The molecular weight excluding hydrogens is 655 g/mol. The van der Waals surface area contributed by atoms with Crippen molar-refractivity contribution in [3.05, 3.63) is 139 Å². The smallest absolute Gasteiger partial charge is 0.0476 e. The molecule has 0 N–H and O–H groups in total. The van der Waals surface area contributed by atoms with Gasteiger partial charge in [0.1, 0.15) is 0 Å². The van der Waals surface area contributed by atoms with E-state index in [1.165, 1.54) is 101 Å². The van der Waals surface area contributed by atoms with Crippen LogP contribution in [0.3, 0.4) is 0 Å². The second kappa shape index (κ2) is 10.9. The lowest BCUT2D eigenvalue weighted by atomic mass is 9.39. The molecular formula is C48H43NS2. The monoisotopic (exact) mass is 697 g/mol. The molecule has 4 aliphatic rings. The molecule has 2 unspecified atom stereocenters. The van der Waals surface area contributed by atoms with Crippen molar-refractivity contribution >= 4 is 58.6 Å². The van der Waals surface area contributed by atoms with E-state index in [1.807, 2.05) is 11.3 Å². The minimum Gasteiger partial charge on any atom is -0.310 e. The molecule has 2 heterocycles. The number of benzene rings is 6. The fourth-order valence-electron chi connectivity index (χ4n) is 10.9. The van der Waals surface area contributed by atoms with Crippen molar-refractivity contribution in [3.8, 4) is 22.3 Å². The first-order valence-electron chi connectivity index (χ1n) is 18.7. The first-order chi connectivity index (χ1) is 24.8. The lowest BCUT2D eigenvalue weighted by Gasteiger charge is -2.65. The molecule has 51 heavy (non-hydrogen) atoms. The SMILES string of the molecule is CC1(c2ccc(N(c3cccc(-c4ccc5c(c4)-c4ccccc4S5(C)C)c3)c3ccc4c(c3)sc3ccccc34)cc2)CC2CC3CC(C1)C32. The highest BCUT2D eigenvalue weighted by Gasteiger charge is 2.59. The van der Waals surface area contributed by atoms with E-state index < -0.39 is 10.0 Å². The molecule has 6 aromatic carbocycles. The average molecular weight is 698 g/mol. The highest BCUT2D eigenvalue weighted by molar-refractivity contribution is 8.33. The van der Waals surface area contributed by atoms with Crippen LogP contribution >= 0.6 is 21.4 Å². The van der Waals surface area contributed by atoms with Crippen molar-refractivity contribution in [2.45, 2.75) is 47.8 Å². The van der Waals surface area contributed by atoms with Crippen molar-refractivity contribution in [3.63, 3.8) is 0 Å². The van der Waals surface area contributed by atoms with Crippen molar-refractivity contribution < 1.29 is 0 Å². The second-order valence-electron chi connectivity index (χ2n) is 16.5. The van der Waals surface area contributed by atoms with Gasteiger partial charge in [-0.05, 0) is 156 Å². The normalized spacial score (nSPS) is 25.7. The Balaban J connectivity index is 1.01. The highest BCUT2D eigenvalue weighted by Crippen LogP contribution is 2.68. The van der Waals surface area contributed by atoms with Crippen LogP contribution < -0.4 is 4.90 Å². The Morgan fingerprint density at radius 2 is 1.25 bits per heavy atom. The summed E-state index contributed by atoms with van der Waals surface area (Å²) in [7, 11) is -1.01. The minimum absolute atomic E-state index is 0.291. The Labute approximate surface area is 307 Å². The summed E-state index contributed by atoms with van der Waals surface area (Å²) in [5, 5.41) is 2.68. The maximum absolute atomic E-state index is 2.55. The topological polar surface area (TPSA) is 3.24 Å². The maximum Gasteiger partial charge on any atom is 0.0476 e. The summed E-state index contributed by atoms with van der Waals surface area (Å²) in [4.78, 5) is 5.48. The van der Waals surface area contributed by atoms with E-state index in [1.54, 1.807) is 0 Å². The molecule has 2 atom stereocenters. The van der Waals surface area contributed by atoms with Crippen LogP contribution in [0.25, 0.3) is 42.4 Å². The lowest BCUT2D eigenvalue weighted by molar-refractivity contribution is -0.141. The number of rotatable bonds is 5. The summed E-state index contributed by atoms with van der Waals surface area (Å²) < 4.78 is 2.68. The van der Waals surface area contributed by atoms with Crippen LogP contribution in [0.5, 0.6) is 0 Å². The third-order valence-electron chi connectivity index (χ3n) is 13.4. The van der Waals surface area contributed by atoms with Crippen LogP contribution in [0.15, 0.2) is 143 Å². The number of thiophene rings is 1. The lowest BCUT2D eigenvalue weighted by Crippen LogP contribution is -2.58. The van der Waals surface area contributed by atoms with Gasteiger partial charge in [0.2, 0.25) is 0 Å². The molecule has 0 spiro atoms. The van der Waals surface area contributed by atoms with Gasteiger partial charge in [0.15, 0.2) is 0 Å². The molecule has 0 amide bonds. The molecule has 1 aromatic heterocycles. The predicted molar refractivity (Wildman–Crippen MR) is 221 cm³/mol. The van der Waals surface area contributed by atoms with Crippen LogP contribution in [0, 0.1) is 23.7 Å². The fourth-order valence-corrected chi connectivity index (χ4v) is 14.6. The molecule has 252 valence electrons. The molecule has 1 aliphatic heterocycles. The summed E-state index contributed by atoms with van der Waals surface area (Å²) in [5.74, 6) is 4.03.